The molecule has 1 fully saturated rings. The highest BCUT2D eigenvalue weighted by Crippen LogP contribution is 2.09. The van der Waals surface area contributed by atoms with Crippen molar-refractivity contribution in [1.29, 1.82) is 0 Å². The Morgan fingerprint density at radius 2 is 2.21 bits per heavy atom. The van der Waals surface area contributed by atoms with Gasteiger partial charge in [0.1, 0.15) is 6.04 Å². The molecule has 1 aliphatic heterocycles. The average molecular weight is 199 g/mol. The summed E-state index contributed by atoms with van der Waals surface area (Å²) in [4.78, 5) is 24.2. The van der Waals surface area contributed by atoms with Crippen LogP contribution in [0.4, 0.5) is 4.79 Å². The number of carbonyl (C=O) groups excluding carboxylic acids is 2. The van der Waals surface area contributed by atoms with E-state index in [4.69, 9.17) is 0 Å². The van der Waals surface area contributed by atoms with Gasteiger partial charge in [-0.15, -0.1) is 0 Å². The van der Waals surface area contributed by atoms with Gasteiger partial charge < -0.3 is 10.6 Å². The van der Waals surface area contributed by atoms with E-state index >= 15 is 0 Å². The minimum Gasteiger partial charge on any atom is -0.326 e. The van der Waals surface area contributed by atoms with Crippen LogP contribution in [0.15, 0.2) is 0 Å². The van der Waals surface area contributed by atoms with Crippen molar-refractivity contribution in [2.24, 2.45) is 0 Å². The van der Waals surface area contributed by atoms with Gasteiger partial charge in [-0.3, -0.25) is 9.69 Å². The quantitative estimate of drug-likeness (QED) is 0.609. The van der Waals surface area contributed by atoms with Gasteiger partial charge in [0.05, 0.1) is 0 Å². The number of hydrogen-bond acceptors (Lipinski definition) is 3. The first-order valence-corrected chi connectivity index (χ1v) is 4.97. The predicted molar refractivity (Wildman–Crippen MR) is 52.9 cm³/mol. The lowest BCUT2D eigenvalue weighted by atomic mass is 10.2. The Balaban J connectivity index is 2.52. The minimum absolute atomic E-state index is 0.0906. The summed E-state index contributed by atoms with van der Waals surface area (Å²) in [6, 6.07) is -0.562. The molecule has 1 heterocycles. The van der Waals surface area contributed by atoms with E-state index in [1.54, 1.807) is 7.05 Å². The van der Waals surface area contributed by atoms with Crippen LogP contribution < -0.4 is 10.6 Å². The minimum atomic E-state index is -0.302. The second-order valence-corrected chi connectivity index (χ2v) is 3.38. The number of nitrogens with one attached hydrogen (secondary N) is 2. The first kappa shape index (κ1) is 11.0. The Kier molecular flexibility index (Phi) is 3.88. The van der Waals surface area contributed by atoms with E-state index in [2.05, 4.69) is 10.6 Å². The molecule has 1 aliphatic rings. The SMILES string of the molecule is CCCC1NC(=O)N(CCNC)C1=O. The number of hydrogen-bond donors (Lipinski definition) is 2. The fourth-order valence-electron chi connectivity index (χ4n) is 1.50. The standard InChI is InChI=1S/C9H17N3O2/c1-3-4-7-8(13)12(6-5-10-2)9(14)11-7/h7,10H,3-6H2,1-2H3,(H,11,14). The fraction of sp³-hybridized carbons (Fsp3) is 0.778. The summed E-state index contributed by atoms with van der Waals surface area (Å²) in [5, 5.41) is 5.58. The van der Waals surface area contributed by atoms with Gasteiger partial charge in [-0.05, 0) is 13.5 Å². The maximum absolute atomic E-state index is 11.6. The van der Waals surface area contributed by atoms with Crippen molar-refractivity contribution in [3.63, 3.8) is 0 Å². The molecule has 0 radical (unpaired) electrons. The Labute approximate surface area is 83.8 Å². The molecule has 0 aromatic rings. The van der Waals surface area contributed by atoms with Crippen LogP contribution in [0.3, 0.4) is 0 Å². The van der Waals surface area contributed by atoms with Gasteiger partial charge in [0, 0.05) is 13.1 Å². The third kappa shape index (κ3) is 2.23. The van der Waals surface area contributed by atoms with Crippen LogP contribution in [0.1, 0.15) is 19.8 Å². The number of amides is 3. The summed E-state index contributed by atoms with van der Waals surface area (Å²) >= 11 is 0. The van der Waals surface area contributed by atoms with Crippen LogP contribution in [0.5, 0.6) is 0 Å². The molecule has 0 aromatic carbocycles. The van der Waals surface area contributed by atoms with E-state index in [-0.39, 0.29) is 18.0 Å². The molecule has 0 aromatic heterocycles. The van der Waals surface area contributed by atoms with Gasteiger partial charge in [-0.25, -0.2) is 4.79 Å². The Morgan fingerprint density at radius 3 is 2.79 bits per heavy atom. The molecule has 1 saturated heterocycles. The van der Waals surface area contributed by atoms with E-state index in [0.29, 0.717) is 13.1 Å². The highest BCUT2D eigenvalue weighted by atomic mass is 16.2. The zero-order chi connectivity index (χ0) is 10.6. The third-order valence-corrected chi connectivity index (χ3v) is 2.27. The second-order valence-electron chi connectivity index (χ2n) is 3.38. The normalized spacial score (nSPS) is 21.6. The van der Waals surface area contributed by atoms with Crippen LogP contribution in [-0.4, -0.2) is 43.0 Å². The maximum atomic E-state index is 11.6. The summed E-state index contributed by atoms with van der Waals surface area (Å²) in [6.07, 6.45) is 1.62. The summed E-state index contributed by atoms with van der Waals surface area (Å²) in [5.41, 5.74) is 0. The Hall–Kier alpha value is -1.10. The molecular weight excluding hydrogens is 182 g/mol. The van der Waals surface area contributed by atoms with Crippen molar-refractivity contribution < 1.29 is 9.59 Å². The summed E-state index contributed by atoms with van der Waals surface area (Å²) in [6.45, 7) is 3.08. The lowest BCUT2D eigenvalue weighted by molar-refractivity contribution is -0.127. The molecule has 3 amide bonds. The van der Waals surface area contributed by atoms with Crippen LogP contribution in [0.25, 0.3) is 0 Å². The van der Waals surface area contributed by atoms with Gasteiger partial charge in [-0.1, -0.05) is 13.3 Å². The van der Waals surface area contributed by atoms with Crippen molar-refractivity contribution in [1.82, 2.24) is 15.5 Å². The van der Waals surface area contributed by atoms with Gasteiger partial charge >= 0.3 is 6.03 Å². The van der Waals surface area contributed by atoms with Crippen molar-refractivity contribution in [2.45, 2.75) is 25.8 Å². The number of rotatable bonds is 5. The highest BCUT2D eigenvalue weighted by molar-refractivity contribution is 6.04. The van der Waals surface area contributed by atoms with E-state index < -0.39 is 0 Å². The van der Waals surface area contributed by atoms with Crippen molar-refractivity contribution in [3.8, 4) is 0 Å². The van der Waals surface area contributed by atoms with Crippen LogP contribution in [-0.2, 0) is 4.79 Å². The number of urea groups is 1. The van der Waals surface area contributed by atoms with Gasteiger partial charge in [0.15, 0.2) is 0 Å². The molecule has 80 valence electrons. The molecule has 0 aliphatic carbocycles. The molecule has 1 rings (SSSR count). The molecule has 1 atom stereocenters. The first-order chi connectivity index (χ1) is 6.70. The molecular formula is C9H17N3O2. The smallest absolute Gasteiger partial charge is 0.324 e. The summed E-state index contributed by atoms with van der Waals surface area (Å²) in [7, 11) is 1.79. The van der Waals surface area contributed by atoms with Crippen LogP contribution in [0, 0.1) is 0 Å². The largest absolute Gasteiger partial charge is 0.326 e. The zero-order valence-electron chi connectivity index (χ0n) is 8.67. The topological polar surface area (TPSA) is 61.4 Å². The molecule has 2 N–H and O–H groups in total. The average Bonchev–Trinajstić information content (AvgIpc) is 2.41. The molecule has 0 bridgehead atoms. The number of nitrogens with zero attached hydrogens (tertiary/aromatic N) is 1. The van der Waals surface area contributed by atoms with E-state index in [1.165, 1.54) is 4.90 Å². The number of imide groups is 1. The molecule has 0 spiro atoms. The van der Waals surface area contributed by atoms with Crippen molar-refractivity contribution in [3.05, 3.63) is 0 Å². The van der Waals surface area contributed by atoms with Crippen LogP contribution in [0.2, 0.25) is 0 Å². The first-order valence-electron chi connectivity index (χ1n) is 4.97. The highest BCUT2D eigenvalue weighted by Gasteiger charge is 2.36. The van der Waals surface area contributed by atoms with Crippen molar-refractivity contribution >= 4 is 11.9 Å². The number of carbonyl (C=O) groups is 2. The third-order valence-electron chi connectivity index (χ3n) is 2.27. The van der Waals surface area contributed by atoms with Gasteiger partial charge in [0.25, 0.3) is 5.91 Å². The van der Waals surface area contributed by atoms with Crippen molar-refractivity contribution in [2.75, 3.05) is 20.1 Å². The summed E-state index contributed by atoms with van der Waals surface area (Å²) in [5.74, 6) is -0.0906. The lowest BCUT2D eigenvalue weighted by Gasteiger charge is -2.11. The Morgan fingerprint density at radius 1 is 1.50 bits per heavy atom. The second kappa shape index (κ2) is 4.95. The fourth-order valence-corrected chi connectivity index (χ4v) is 1.50. The molecule has 5 nitrogen and oxygen atoms in total. The summed E-state index contributed by atoms with van der Waals surface area (Å²) < 4.78 is 0. The van der Waals surface area contributed by atoms with E-state index in [0.717, 1.165) is 12.8 Å². The molecule has 1 unspecified atom stereocenters. The molecule has 0 saturated carbocycles. The van der Waals surface area contributed by atoms with E-state index in [1.807, 2.05) is 6.92 Å². The van der Waals surface area contributed by atoms with Gasteiger partial charge in [0.2, 0.25) is 0 Å². The Bertz CT molecular complexity index is 230. The predicted octanol–water partition coefficient (Wildman–Crippen LogP) is -0.0737. The monoisotopic (exact) mass is 199 g/mol. The maximum Gasteiger partial charge on any atom is 0.324 e. The number of likely N-dealkylation sites (N-methyl/N-ethyl adjacent to an activating group) is 1. The van der Waals surface area contributed by atoms with Crippen LogP contribution >= 0.6 is 0 Å². The molecule has 14 heavy (non-hydrogen) atoms. The zero-order valence-corrected chi connectivity index (χ0v) is 8.67. The van der Waals surface area contributed by atoms with Gasteiger partial charge in [-0.2, -0.15) is 0 Å². The molecule has 5 heteroatoms. The van der Waals surface area contributed by atoms with E-state index in [9.17, 15) is 9.59 Å². The lowest BCUT2D eigenvalue weighted by Crippen LogP contribution is -2.36.